The molecule has 0 aliphatic heterocycles. The summed E-state index contributed by atoms with van der Waals surface area (Å²) in [5, 5.41) is 5.66. The lowest BCUT2D eigenvalue weighted by atomic mass is 10.1. The zero-order valence-electron chi connectivity index (χ0n) is 16.2. The van der Waals surface area contributed by atoms with Crippen molar-refractivity contribution in [2.24, 2.45) is 0 Å². The predicted molar refractivity (Wildman–Crippen MR) is 114 cm³/mol. The van der Waals surface area contributed by atoms with Crippen LogP contribution >= 0.6 is 11.3 Å². The number of hydrogen-bond donors (Lipinski definition) is 0. The normalized spacial score (nSPS) is 11.6. The highest BCUT2D eigenvalue weighted by Crippen LogP contribution is 2.35. The van der Waals surface area contributed by atoms with Crippen LogP contribution in [0, 0.1) is 5.82 Å². The second-order valence-corrected chi connectivity index (χ2v) is 9.39. The van der Waals surface area contributed by atoms with E-state index in [4.69, 9.17) is 4.52 Å². The molecule has 0 radical (unpaired) electrons. The number of thiophene rings is 1. The molecule has 0 spiro atoms. The Balaban J connectivity index is 1.67. The molecule has 0 amide bonds. The number of rotatable bonds is 6. The summed E-state index contributed by atoms with van der Waals surface area (Å²) >= 11 is 1.20. The Morgan fingerprint density at radius 2 is 1.77 bits per heavy atom. The van der Waals surface area contributed by atoms with Crippen LogP contribution < -0.4 is 4.31 Å². The molecule has 0 aliphatic carbocycles. The molecule has 0 bridgehead atoms. The maximum absolute atomic E-state index is 13.2. The summed E-state index contributed by atoms with van der Waals surface area (Å²) in [6.07, 6.45) is 0.926. The Labute approximate surface area is 177 Å². The van der Waals surface area contributed by atoms with E-state index in [1.807, 2.05) is 24.3 Å². The highest BCUT2D eigenvalue weighted by molar-refractivity contribution is 7.93. The Morgan fingerprint density at radius 3 is 2.43 bits per heavy atom. The van der Waals surface area contributed by atoms with E-state index < -0.39 is 15.8 Å². The number of aryl methyl sites for hydroxylation is 1. The van der Waals surface area contributed by atoms with Gasteiger partial charge in [0.2, 0.25) is 5.82 Å². The molecule has 2 aromatic heterocycles. The number of hydrogen-bond acceptors (Lipinski definition) is 6. The van der Waals surface area contributed by atoms with Gasteiger partial charge in [-0.05, 0) is 47.7 Å². The fourth-order valence-corrected chi connectivity index (χ4v) is 5.43. The average molecular weight is 444 g/mol. The summed E-state index contributed by atoms with van der Waals surface area (Å²) in [5.74, 6) is 0.0769. The molecule has 0 saturated carbocycles. The number of halogens is 1. The number of sulfonamides is 1. The van der Waals surface area contributed by atoms with Gasteiger partial charge in [-0.3, -0.25) is 4.31 Å². The van der Waals surface area contributed by atoms with E-state index in [9.17, 15) is 12.8 Å². The molecule has 0 N–H and O–H groups in total. The first kappa shape index (κ1) is 20.2. The van der Waals surface area contributed by atoms with Crippen LogP contribution in [0.4, 0.5) is 10.1 Å². The van der Waals surface area contributed by atoms with Crippen molar-refractivity contribution in [3.63, 3.8) is 0 Å². The van der Waals surface area contributed by atoms with Crippen LogP contribution in [0.2, 0.25) is 0 Å². The van der Waals surface area contributed by atoms with Gasteiger partial charge in [0.25, 0.3) is 15.9 Å². The van der Waals surface area contributed by atoms with Gasteiger partial charge in [0.15, 0.2) is 0 Å². The van der Waals surface area contributed by atoms with Crippen molar-refractivity contribution in [3.05, 3.63) is 71.4 Å². The van der Waals surface area contributed by atoms with Crippen LogP contribution in [0.25, 0.3) is 22.2 Å². The molecule has 2 aromatic carbocycles. The maximum atomic E-state index is 13.2. The smallest absolute Gasteiger partial charge is 0.269 e. The van der Waals surface area contributed by atoms with Crippen LogP contribution in [0.1, 0.15) is 12.5 Å². The Hall–Kier alpha value is -3.04. The van der Waals surface area contributed by atoms with Crippen molar-refractivity contribution < 1.29 is 17.3 Å². The first-order valence-electron chi connectivity index (χ1n) is 9.15. The van der Waals surface area contributed by atoms with E-state index >= 15 is 0 Å². The molecule has 6 nitrogen and oxygen atoms in total. The van der Waals surface area contributed by atoms with Crippen LogP contribution in [0.5, 0.6) is 0 Å². The summed E-state index contributed by atoms with van der Waals surface area (Å²) in [7, 11) is -2.50. The lowest BCUT2D eigenvalue weighted by molar-refractivity contribution is 0.432. The summed E-state index contributed by atoms with van der Waals surface area (Å²) < 4.78 is 46.0. The first-order valence-corrected chi connectivity index (χ1v) is 11.5. The molecule has 4 rings (SSSR count). The minimum Gasteiger partial charge on any atom is -0.333 e. The fraction of sp³-hybridized carbons (Fsp3) is 0.143. The van der Waals surface area contributed by atoms with Crippen molar-refractivity contribution >= 4 is 27.0 Å². The quantitative estimate of drug-likeness (QED) is 0.420. The lowest BCUT2D eigenvalue weighted by Crippen LogP contribution is -2.26. The van der Waals surface area contributed by atoms with Gasteiger partial charge in [-0.25, -0.2) is 12.8 Å². The Kier molecular flexibility index (Phi) is 5.40. The van der Waals surface area contributed by atoms with Crippen LogP contribution in [0.15, 0.2) is 69.4 Å². The second-order valence-electron chi connectivity index (χ2n) is 6.54. The van der Waals surface area contributed by atoms with Crippen molar-refractivity contribution in [3.8, 4) is 22.2 Å². The number of benzene rings is 2. The molecule has 9 heteroatoms. The zero-order valence-corrected chi connectivity index (χ0v) is 17.9. The van der Waals surface area contributed by atoms with Gasteiger partial charge in [-0.15, -0.1) is 11.3 Å². The molecule has 4 aromatic rings. The summed E-state index contributed by atoms with van der Waals surface area (Å²) in [4.78, 5) is 4.80. The van der Waals surface area contributed by atoms with E-state index in [2.05, 4.69) is 17.1 Å². The van der Waals surface area contributed by atoms with Crippen molar-refractivity contribution in [1.29, 1.82) is 0 Å². The minimum absolute atomic E-state index is 0.0517. The predicted octanol–water partition coefficient (Wildman–Crippen LogP) is 4.99. The Bertz CT molecular complexity index is 1260. The molecule has 154 valence electrons. The molecule has 30 heavy (non-hydrogen) atoms. The van der Waals surface area contributed by atoms with Gasteiger partial charge < -0.3 is 4.52 Å². The first-order chi connectivity index (χ1) is 14.4. The molecule has 0 fully saturated rings. The van der Waals surface area contributed by atoms with E-state index in [1.165, 1.54) is 54.3 Å². The largest absolute Gasteiger partial charge is 0.333 e. The van der Waals surface area contributed by atoms with Gasteiger partial charge in [0, 0.05) is 12.6 Å². The van der Waals surface area contributed by atoms with Gasteiger partial charge >= 0.3 is 0 Å². The molecule has 2 heterocycles. The zero-order chi connectivity index (χ0) is 21.3. The van der Waals surface area contributed by atoms with E-state index in [-0.39, 0.29) is 10.8 Å². The topological polar surface area (TPSA) is 76.3 Å². The van der Waals surface area contributed by atoms with Crippen LogP contribution in [-0.4, -0.2) is 25.6 Å². The number of anilines is 1. The SMILES string of the molecule is CCc1ccc(-c2noc(-c3sccc3S(=O)(=O)N(C)c3ccc(F)cc3)n2)cc1. The average Bonchev–Trinajstić information content (AvgIpc) is 3.43. The number of nitrogens with zero attached hydrogens (tertiary/aromatic N) is 3. The third kappa shape index (κ3) is 3.73. The van der Waals surface area contributed by atoms with Crippen molar-refractivity contribution in [2.45, 2.75) is 18.2 Å². The second kappa shape index (κ2) is 8.00. The third-order valence-corrected chi connectivity index (χ3v) is 7.56. The molecule has 0 saturated heterocycles. The third-order valence-electron chi connectivity index (χ3n) is 4.70. The van der Waals surface area contributed by atoms with E-state index in [0.717, 1.165) is 16.3 Å². The standard InChI is InChI=1S/C21H18FN3O3S2/c1-3-14-4-6-15(7-5-14)20-23-21(28-24-20)19-18(12-13-29-19)30(26,27)25(2)17-10-8-16(22)9-11-17/h4-13H,3H2,1-2H3. The van der Waals surface area contributed by atoms with Crippen molar-refractivity contribution in [1.82, 2.24) is 10.1 Å². The number of aromatic nitrogens is 2. The van der Waals surface area contributed by atoms with Gasteiger partial charge in [0.1, 0.15) is 15.6 Å². The molecule has 0 unspecified atom stereocenters. The van der Waals surface area contributed by atoms with E-state index in [1.54, 1.807) is 5.38 Å². The summed E-state index contributed by atoms with van der Waals surface area (Å²) in [5.41, 5.74) is 2.32. The van der Waals surface area contributed by atoms with Crippen LogP contribution in [-0.2, 0) is 16.4 Å². The Morgan fingerprint density at radius 1 is 1.07 bits per heavy atom. The highest BCUT2D eigenvalue weighted by atomic mass is 32.2. The van der Waals surface area contributed by atoms with E-state index in [0.29, 0.717) is 16.4 Å². The van der Waals surface area contributed by atoms with Gasteiger partial charge in [0.05, 0.1) is 5.69 Å². The lowest BCUT2D eigenvalue weighted by Gasteiger charge is -2.19. The summed E-state index contributed by atoms with van der Waals surface area (Å²) in [6, 6.07) is 14.5. The fourth-order valence-electron chi connectivity index (χ4n) is 2.92. The van der Waals surface area contributed by atoms with Crippen LogP contribution in [0.3, 0.4) is 0 Å². The van der Waals surface area contributed by atoms with Gasteiger partial charge in [-0.2, -0.15) is 4.98 Å². The molecular weight excluding hydrogens is 425 g/mol. The molecule has 0 atom stereocenters. The minimum atomic E-state index is -3.91. The highest BCUT2D eigenvalue weighted by Gasteiger charge is 2.28. The van der Waals surface area contributed by atoms with Crippen molar-refractivity contribution in [2.75, 3.05) is 11.4 Å². The molecular formula is C21H18FN3O3S2. The van der Waals surface area contributed by atoms with Gasteiger partial charge in [-0.1, -0.05) is 36.3 Å². The maximum Gasteiger partial charge on any atom is 0.269 e. The summed E-state index contributed by atoms with van der Waals surface area (Å²) in [6.45, 7) is 2.07. The molecule has 0 aliphatic rings. The monoisotopic (exact) mass is 443 g/mol.